The molecule has 4 rings (SSSR count). The number of aromatic nitrogens is 3. The average Bonchev–Trinajstić information content (AvgIpc) is 3.16. The number of fused-ring (bicyclic) bond motifs is 1. The molecule has 0 fully saturated rings. The Hall–Kier alpha value is -3.68. The first-order chi connectivity index (χ1) is 15.0. The molecule has 1 heterocycles. The molecular formula is C24H21F3N4O. The van der Waals surface area contributed by atoms with Crippen molar-refractivity contribution in [3.63, 3.8) is 0 Å². The highest BCUT2D eigenvalue weighted by molar-refractivity contribution is 6.05. The van der Waals surface area contributed by atoms with Gasteiger partial charge in [-0.2, -0.15) is 18.0 Å². The van der Waals surface area contributed by atoms with E-state index < -0.39 is 11.7 Å². The number of rotatable bonds is 3. The van der Waals surface area contributed by atoms with Crippen molar-refractivity contribution >= 4 is 22.6 Å². The predicted octanol–water partition coefficient (Wildman–Crippen LogP) is 5.99. The lowest BCUT2D eigenvalue weighted by molar-refractivity contribution is -0.137. The van der Waals surface area contributed by atoms with Crippen molar-refractivity contribution in [1.29, 1.82) is 0 Å². The smallest absolute Gasteiger partial charge is 0.322 e. The van der Waals surface area contributed by atoms with E-state index in [-0.39, 0.29) is 17.0 Å². The van der Waals surface area contributed by atoms with Gasteiger partial charge in [0.15, 0.2) is 0 Å². The highest BCUT2D eigenvalue weighted by atomic mass is 19.4. The van der Waals surface area contributed by atoms with Crippen LogP contribution in [0, 0.1) is 0 Å². The van der Waals surface area contributed by atoms with Gasteiger partial charge in [0.2, 0.25) is 0 Å². The molecule has 32 heavy (non-hydrogen) atoms. The number of amides is 1. The number of nitrogens with zero attached hydrogens (tertiary/aromatic N) is 3. The molecule has 0 saturated heterocycles. The van der Waals surface area contributed by atoms with E-state index in [9.17, 15) is 18.0 Å². The van der Waals surface area contributed by atoms with Gasteiger partial charge in [0, 0.05) is 11.3 Å². The molecule has 0 saturated carbocycles. The van der Waals surface area contributed by atoms with Gasteiger partial charge in [-0.25, -0.2) is 0 Å². The molecule has 1 amide bonds. The second-order valence-corrected chi connectivity index (χ2v) is 8.52. The normalized spacial score (nSPS) is 12.2. The van der Waals surface area contributed by atoms with E-state index in [2.05, 4.69) is 36.3 Å². The number of alkyl halides is 3. The maximum atomic E-state index is 13.0. The summed E-state index contributed by atoms with van der Waals surface area (Å²) in [6, 6.07) is 17.2. The predicted molar refractivity (Wildman–Crippen MR) is 117 cm³/mol. The number of hydrogen-bond donors (Lipinski definition) is 1. The number of nitrogens with one attached hydrogen (secondary N) is 1. The van der Waals surface area contributed by atoms with Crippen LogP contribution in [0.3, 0.4) is 0 Å². The van der Waals surface area contributed by atoms with E-state index in [1.807, 2.05) is 12.1 Å². The molecule has 0 bridgehead atoms. The summed E-state index contributed by atoms with van der Waals surface area (Å²) >= 11 is 0. The van der Waals surface area contributed by atoms with Crippen LogP contribution in [0.1, 0.15) is 42.3 Å². The molecule has 3 aromatic carbocycles. The Morgan fingerprint density at radius 2 is 1.53 bits per heavy atom. The fourth-order valence-corrected chi connectivity index (χ4v) is 3.24. The molecule has 0 spiro atoms. The monoisotopic (exact) mass is 438 g/mol. The molecule has 0 unspecified atom stereocenters. The average molecular weight is 438 g/mol. The minimum Gasteiger partial charge on any atom is -0.322 e. The molecule has 5 nitrogen and oxygen atoms in total. The largest absolute Gasteiger partial charge is 0.416 e. The summed E-state index contributed by atoms with van der Waals surface area (Å²) in [4.78, 5) is 13.8. The lowest BCUT2D eigenvalue weighted by Gasteiger charge is -2.19. The third-order valence-electron chi connectivity index (χ3n) is 5.06. The SMILES string of the molecule is CC(C)(C)c1ccc(C(=O)Nc2ccc3nn(-c4cccc(C(F)(F)F)c4)nc3c2)cc1. The van der Waals surface area contributed by atoms with Crippen molar-refractivity contribution in [3.05, 3.63) is 83.4 Å². The number of hydrogen-bond acceptors (Lipinski definition) is 3. The van der Waals surface area contributed by atoms with E-state index in [0.717, 1.165) is 22.5 Å². The lowest BCUT2D eigenvalue weighted by Crippen LogP contribution is -2.14. The van der Waals surface area contributed by atoms with Crippen molar-refractivity contribution in [3.8, 4) is 5.69 Å². The Kier molecular flexibility index (Phi) is 5.24. The molecule has 0 radical (unpaired) electrons. The third kappa shape index (κ3) is 4.49. The molecule has 4 aromatic rings. The number of halogens is 3. The van der Waals surface area contributed by atoms with Crippen molar-refractivity contribution in [1.82, 2.24) is 15.0 Å². The summed E-state index contributed by atoms with van der Waals surface area (Å²) in [5, 5.41) is 11.3. The molecule has 0 aliphatic heterocycles. The zero-order chi connectivity index (χ0) is 23.1. The Bertz CT molecular complexity index is 1290. The highest BCUT2D eigenvalue weighted by Gasteiger charge is 2.30. The van der Waals surface area contributed by atoms with Crippen LogP contribution in [-0.4, -0.2) is 20.9 Å². The fourth-order valence-electron chi connectivity index (χ4n) is 3.24. The van der Waals surface area contributed by atoms with E-state index in [1.54, 1.807) is 30.3 Å². The quantitative estimate of drug-likeness (QED) is 0.427. The summed E-state index contributed by atoms with van der Waals surface area (Å²) in [6.45, 7) is 6.30. The minimum atomic E-state index is -4.45. The first-order valence-corrected chi connectivity index (χ1v) is 9.97. The van der Waals surface area contributed by atoms with Gasteiger partial charge in [0.1, 0.15) is 11.0 Å². The molecule has 0 aliphatic carbocycles. The molecule has 0 aliphatic rings. The standard InChI is InChI=1S/C24H21F3N4O/c1-23(2,3)16-9-7-15(8-10-16)22(32)28-18-11-12-20-21(14-18)30-31(29-20)19-6-4-5-17(13-19)24(25,26)27/h4-14H,1-3H3,(H,28,32). The Labute approximate surface area is 182 Å². The van der Waals surface area contributed by atoms with Crippen molar-refractivity contribution in [2.75, 3.05) is 5.32 Å². The summed E-state index contributed by atoms with van der Waals surface area (Å²) in [6.07, 6.45) is -4.45. The van der Waals surface area contributed by atoms with E-state index in [4.69, 9.17) is 0 Å². The molecular weight excluding hydrogens is 417 g/mol. The van der Waals surface area contributed by atoms with Crippen LogP contribution in [0.15, 0.2) is 66.7 Å². The topological polar surface area (TPSA) is 59.8 Å². The summed E-state index contributed by atoms with van der Waals surface area (Å²) in [5.41, 5.74) is 2.51. The Morgan fingerprint density at radius 1 is 0.844 bits per heavy atom. The van der Waals surface area contributed by atoms with Crippen LogP contribution in [0.4, 0.5) is 18.9 Å². The minimum absolute atomic E-state index is 0.00845. The zero-order valence-corrected chi connectivity index (χ0v) is 17.7. The van der Waals surface area contributed by atoms with Gasteiger partial charge in [-0.15, -0.1) is 10.2 Å². The van der Waals surface area contributed by atoms with Gasteiger partial charge >= 0.3 is 6.18 Å². The van der Waals surface area contributed by atoms with Gasteiger partial charge in [0.25, 0.3) is 5.91 Å². The second kappa shape index (κ2) is 7.78. The van der Waals surface area contributed by atoms with Crippen LogP contribution in [-0.2, 0) is 11.6 Å². The van der Waals surface area contributed by atoms with Gasteiger partial charge in [0.05, 0.1) is 11.3 Å². The van der Waals surface area contributed by atoms with E-state index in [0.29, 0.717) is 22.3 Å². The van der Waals surface area contributed by atoms with Crippen LogP contribution in [0.5, 0.6) is 0 Å². The van der Waals surface area contributed by atoms with E-state index >= 15 is 0 Å². The first kappa shape index (κ1) is 21.5. The Morgan fingerprint density at radius 3 is 2.19 bits per heavy atom. The number of anilines is 1. The van der Waals surface area contributed by atoms with E-state index in [1.165, 1.54) is 12.1 Å². The molecule has 1 aromatic heterocycles. The van der Waals surface area contributed by atoms with Crippen LogP contribution >= 0.6 is 0 Å². The maximum Gasteiger partial charge on any atom is 0.416 e. The first-order valence-electron chi connectivity index (χ1n) is 9.97. The van der Waals surface area contributed by atoms with Gasteiger partial charge in [-0.1, -0.05) is 39.0 Å². The lowest BCUT2D eigenvalue weighted by atomic mass is 9.87. The summed E-state index contributed by atoms with van der Waals surface area (Å²) in [7, 11) is 0. The van der Waals surface area contributed by atoms with Crippen molar-refractivity contribution in [2.45, 2.75) is 32.4 Å². The Balaban J connectivity index is 1.56. The highest BCUT2D eigenvalue weighted by Crippen LogP contribution is 2.30. The summed E-state index contributed by atoms with van der Waals surface area (Å²) < 4.78 is 39.0. The molecule has 1 N–H and O–H groups in total. The fraction of sp³-hybridized carbons (Fsp3) is 0.208. The number of carbonyl (C=O) groups excluding carboxylic acids is 1. The second-order valence-electron chi connectivity index (χ2n) is 8.52. The summed E-state index contributed by atoms with van der Waals surface area (Å²) in [5.74, 6) is -0.268. The van der Waals surface area contributed by atoms with Crippen LogP contribution in [0.2, 0.25) is 0 Å². The number of benzene rings is 3. The van der Waals surface area contributed by atoms with Gasteiger partial charge < -0.3 is 5.32 Å². The van der Waals surface area contributed by atoms with Gasteiger partial charge in [-0.3, -0.25) is 4.79 Å². The molecule has 8 heteroatoms. The maximum absolute atomic E-state index is 13.0. The molecule has 0 atom stereocenters. The van der Waals surface area contributed by atoms with Gasteiger partial charge in [-0.05, 0) is 59.5 Å². The van der Waals surface area contributed by atoms with Crippen LogP contribution in [0.25, 0.3) is 16.7 Å². The zero-order valence-electron chi connectivity index (χ0n) is 17.7. The van der Waals surface area contributed by atoms with Crippen molar-refractivity contribution < 1.29 is 18.0 Å². The third-order valence-corrected chi connectivity index (χ3v) is 5.06. The molecule has 164 valence electrons. The number of carbonyl (C=O) groups is 1. The van der Waals surface area contributed by atoms with Crippen LogP contribution < -0.4 is 5.32 Å². The van der Waals surface area contributed by atoms with Crippen molar-refractivity contribution in [2.24, 2.45) is 0 Å².